The smallest absolute Gasteiger partial charge is 0.221 e. The number of aryl methyl sites for hydroxylation is 2. The number of nitrogens with zero attached hydrogens (tertiary/aromatic N) is 3. The third kappa shape index (κ3) is 1.99. The zero-order valence-corrected chi connectivity index (χ0v) is 10.4. The van der Waals surface area contributed by atoms with E-state index in [1.54, 1.807) is 18.3 Å². The van der Waals surface area contributed by atoms with E-state index in [9.17, 15) is 9.90 Å². The van der Waals surface area contributed by atoms with Gasteiger partial charge in [-0.3, -0.25) is 9.78 Å². The summed E-state index contributed by atoms with van der Waals surface area (Å²) in [5.74, 6) is -0.305. The summed E-state index contributed by atoms with van der Waals surface area (Å²) in [7, 11) is 0. The summed E-state index contributed by atoms with van der Waals surface area (Å²) in [5.41, 5.74) is 1.36. The van der Waals surface area contributed by atoms with Gasteiger partial charge < -0.3 is 5.11 Å². The van der Waals surface area contributed by atoms with Crippen molar-refractivity contribution in [2.75, 3.05) is 0 Å². The molecule has 0 saturated carbocycles. The van der Waals surface area contributed by atoms with E-state index in [1.165, 1.54) is 10.9 Å². The van der Waals surface area contributed by atoms with Crippen LogP contribution in [0, 0.1) is 0 Å². The van der Waals surface area contributed by atoms with Crippen LogP contribution in [0.2, 0.25) is 0 Å². The molecule has 0 saturated heterocycles. The van der Waals surface area contributed by atoms with Crippen molar-refractivity contribution in [1.29, 1.82) is 0 Å². The monoisotopic (exact) mass is 245 g/mol. The van der Waals surface area contributed by atoms with E-state index < -0.39 is 0 Å². The Hall–Kier alpha value is -2.17. The molecule has 0 radical (unpaired) electrons. The van der Waals surface area contributed by atoms with Crippen LogP contribution >= 0.6 is 0 Å². The lowest BCUT2D eigenvalue weighted by atomic mass is 10.0. The largest absolute Gasteiger partial charge is 0.493 e. The van der Waals surface area contributed by atoms with Gasteiger partial charge in [0.1, 0.15) is 5.56 Å². The molecule has 0 unspecified atom stereocenters. The highest BCUT2D eigenvalue weighted by molar-refractivity contribution is 6.11. The molecule has 0 aromatic carbocycles. The van der Waals surface area contributed by atoms with Crippen LogP contribution in [-0.4, -0.2) is 25.7 Å². The predicted octanol–water partition coefficient (Wildman–Crippen LogP) is 1.80. The molecule has 2 aromatic rings. The normalized spacial score (nSPS) is 10.6. The van der Waals surface area contributed by atoms with E-state index in [1.807, 2.05) is 13.8 Å². The molecule has 0 amide bonds. The maximum absolute atomic E-state index is 12.3. The van der Waals surface area contributed by atoms with Gasteiger partial charge in [0, 0.05) is 24.5 Å². The third-order valence-electron chi connectivity index (χ3n) is 2.78. The van der Waals surface area contributed by atoms with Crippen molar-refractivity contribution in [2.24, 2.45) is 0 Å². The number of hydrogen-bond acceptors (Lipinski definition) is 4. The number of hydrogen-bond donors (Lipinski definition) is 1. The molecule has 0 atom stereocenters. The highest BCUT2D eigenvalue weighted by Crippen LogP contribution is 2.24. The van der Waals surface area contributed by atoms with Gasteiger partial charge in [0.05, 0.1) is 5.69 Å². The van der Waals surface area contributed by atoms with E-state index >= 15 is 0 Å². The van der Waals surface area contributed by atoms with Gasteiger partial charge in [-0.05, 0) is 25.5 Å². The number of aromatic hydroxyl groups is 1. The first-order valence-electron chi connectivity index (χ1n) is 5.92. The first-order chi connectivity index (χ1) is 8.69. The number of carbonyl (C=O) groups is 1. The van der Waals surface area contributed by atoms with E-state index in [2.05, 4.69) is 10.1 Å². The summed E-state index contributed by atoms with van der Waals surface area (Å²) in [6, 6.07) is 3.37. The Bertz CT molecular complexity index is 561. The Morgan fingerprint density at radius 1 is 1.44 bits per heavy atom. The van der Waals surface area contributed by atoms with Crippen LogP contribution in [0.3, 0.4) is 0 Å². The van der Waals surface area contributed by atoms with Crippen LogP contribution in [-0.2, 0) is 13.0 Å². The van der Waals surface area contributed by atoms with Crippen LogP contribution in [0.4, 0.5) is 0 Å². The van der Waals surface area contributed by atoms with Gasteiger partial charge in [0.15, 0.2) is 0 Å². The number of pyridine rings is 1. The Morgan fingerprint density at radius 3 is 2.78 bits per heavy atom. The lowest BCUT2D eigenvalue weighted by Gasteiger charge is -2.01. The molecule has 2 aromatic heterocycles. The van der Waals surface area contributed by atoms with Gasteiger partial charge >= 0.3 is 0 Å². The van der Waals surface area contributed by atoms with Gasteiger partial charge in [0.25, 0.3) is 0 Å². The SMILES string of the molecule is CCc1nn(CC)c(O)c1C(=O)c1cccnc1. The third-order valence-corrected chi connectivity index (χ3v) is 2.78. The number of rotatable bonds is 4. The minimum atomic E-state index is -0.239. The molecule has 0 aliphatic heterocycles. The second-order valence-corrected chi connectivity index (χ2v) is 3.89. The predicted molar refractivity (Wildman–Crippen MR) is 66.6 cm³/mol. The molecule has 0 aliphatic rings. The average Bonchev–Trinajstić information content (AvgIpc) is 2.75. The number of ketones is 1. The molecule has 0 aliphatic carbocycles. The molecular weight excluding hydrogens is 230 g/mol. The van der Waals surface area contributed by atoms with Crippen molar-refractivity contribution in [1.82, 2.24) is 14.8 Å². The second kappa shape index (κ2) is 5.00. The molecule has 0 spiro atoms. The van der Waals surface area contributed by atoms with Gasteiger partial charge in [-0.15, -0.1) is 0 Å². The lowest BCUT2D eigenvalue weighted by molar-refractivity contribution is 0.103. The maximum atomic E-state index is 12.3. The minimum Gasteiger partial charge on any atom is -0.493 e. The van der Waals surface area contributed by atoms with Crippen molar-refractivity contribution >= 4 is 5.78 Å². The summed E-state index contributed by atoms with van der Waals surface area (Å²) in [5, 5.41) is 14.3. The highest BCUT2D eigenvalue weighted by Gasteiger charge is 2.23. The van der Waals surface area contributed by atoms with E-state index in [0.717, 1.165) is 0 Å². The Morgan fingerprint density at radius 2 is 2.22 bits per heavy atom. The first-order valence-corrected chi connectivity index (χ1v) is 5.92. The van der Waals surface area contributed by atoms with Gasteiger partial charge in [-0.1, -0.05) is 6.92 Å². The second-order valence-electron chi connectivity index (χ2n) is 3.89. The van der Waals surface area contributed by atoms with Crippen LogP contribution in [0.25, 0.3) is 0 Å². The number of aromatic nitrogens is 3. The van der Waals surface area contributed by atoms with Crippen LogP contribution < -0.4 is 0 Å². The topological polar surface area (TPSA) is 68.0 Å². The molecule has 94 valence electrons. The van der Waals surface area contributed by atoms with Crippen LogP contribution in [0.1, 0.15) is 35.5 Å². The van der Waals surface area contributed by atoms with Crippen molar-refractivity contribution in [3.05, 3.63) is 41.3 Å². The highest BCUT2D eigenvalue weighted by atomic mass is 16.3. The minimum absolute atomic E-state index is 0.0665. The van der Waals surface area contributed by atoms with Crippen molar-refractivity contribution in [2.45, 2.75) is 26.8 Å². The van der Waals surface area contributed by atoms with Crippen molar-refractivity contribution < 1.29 is 9.90 Å². The molecular formula is C13H15N3O2. The Balaban J connectivity index is 2.51. The molecule has 2 rings (SSSR count). The summed E-state index contributed by atoms with van der Waals surface area (Å²) in [6.07, 6.45) is 3.69. The molecule has 18 heavy (non-hydrogen) atoms. The lowest BCUT2D eigenvalue weighted by Crippen LogP contribution is -2.04. The Kier molecular flexibility index (Phi) is 3.41. The van der Waals surface area contributed by atoms with Crippen molar-refractivity contribution in [3.8, 4) is 5.88 Å². The first kappa shape index (κ1) is 12.3. The summed E-state index contributed by atoms with van der Waals surface area (Å²) >= 11 is 0. The van der Waals surface area contributed by atoms with Crippen LogP contribution in [0.5, 0.6) is 5.88 Å². The molecule has 5 nitrogen and oxygen atoms in total. The number of carbonyl (C=O) groups excluding carboxylic acids is 1. The summed E-state index contributed by atoms with van der Waals surface area (Å²) in [6.45, 7) is 4.30. The standard InChI is InChI=1S/C13H15N3O2/c1-3-10-11(13(18)16(4-2)15-10)12(17)9-6-5-7-14-8-9/h5-8,18H,3-4H2,1-2H3. The van der Waals surface area contributed by atoms with Crippen molar-refractivity contribution in [3.63, 3.8) is 0 Å². The molecule has 2 heterocycles. The zero-order chi connectivity index (χ0) is 13.1. The van der Waals surface area contributed by atoms with E-state index in [-0.39, 0.29) is 17.2 Å². The molecule has 0 bridgehead atoms. The maximum Gasteiger partial charge on any atom is 0.221 e. The molecule has 1 N–H and O–H groups in total. The molecule has 5 heteroatoms. The Labute approximate surface area is 105 Å². The summed E-state index contributed by atoms with van der Waals surface area (Å²) < 4.78 is 1.43. The van der Waals surface area contributed by atoms with Gasteiger partial charge in [-0.25, -0.2) is 4.68 Å². The van der Waals surface area contributed by atoms with E-state index in [0.29, 0.717) is 24.2 Å². The molecule has 0 fully saturated rings. The average molecular weight is 245 g/mol. The van der Waals surface area contributed by atoms with Crippen LogP contribution in [0.15, 0.2) is 24.5 Å². The summed E-state index contributed by atoms with van der Waals surface area (Å²) in [4.78, 5) is 16.2. The quantitative estimate of drug-likeness (QED) is 0.834. The fourth-order valence-corrected chi connectivity index (χ4v) is 1.84. The fraction of sp³-hybridized carbons (Fsp3) is 0.308. The van der Waals surface area contributed by atoms with Gasteiger partial charge in [0.2, 0.25) is 11.7 Å². The van der Waals surface area contributed by atoms with Gasteiger partial charge in [-0.2, -0.15) is 5.10 Å². The van der Waals surface area contributed by atoms with E-state index in [4.69, 9.17) is 0 Å². The zero-order valence-electron chi connectivity index (χ0n) is 10.4. The fourth-order valence-electron chi connectivity index (χ4n) is 1.84.